The van der Waals surface area contributed by atoms with Crippen LogP contribution in [0.25, 0.3) is 0 Å². The molecule has 86 valence electrons. The number of halogens is 1. The van der Waals surface area contributed by atoms with Gasteiger partial charge in [-0.25, -0.2) is 4.39 Å². The number of fused-ring (bicyclic) bond motifs is 1. The average Bonchev–Trinajstić information content (AvgIpc) is 2.47. The van der Waals surface area contributed by atoms with Gasteiger partial charge in [0, 0.05) is 25.0 Å². The molecule has 2 heteroatoms. The highest BCUT2D eigenvalue weighted by Gasteiger charge is 2.52. The van der Waals surface area contributed by atoms with Crippen LogP contribution >= 0.6 is 0 Å². The summed E-state index contributed by atoms with van der Waals surface area (Å²) in [6, 6.07) is 0. The molecule has 2 rings (SSSR count). The maximum absolute atomic E-state index is 13.6. The highest BCUT2D eigenvalue weighted by Crippen LogP contribution is 2.48. The minimum absolute atomic E-state index is 0.0162. The Balaban J connectivity index is 2.25. The summed E-state index contributed by atoms with van der Waals surface area (Å²) in [6.07, 6.45) is 2.12. The first-order valence-electron chi connectivity index (χ1n) is 5.91. The predicted octanol–water partition coefficient (Wildman–Crippen LogP) is 3.17. The summed E-state index contributed by atoms with van der Waals surface area (Å²) in [6.45, 7) is 12.5. The lowest BCUT2D eigenvalue weighted by atomic mass is 9.75. The van der Waals surface area contributed by atoms with Gasteiger partial charge in [-0.3, -0.25) is 4.90 Å². The molecule has 1 nitrogen and oxygen atoms in total. The van der Waals surface area contributed by atoms with Crippen molar-refractivity contribution in [2.24, 2.45) is 5.41 Å². The summed E-state index contributed by atoms with van der Waals surface area (Å²) in [4.78, 5) is 2.32. The molecule has 0 aromatic heterocycles. The SMILES string of the molecule is C=C1CCN2C[C@H](F)C[C@@]12CC(C)(C)C. The van der Waals surface area contributed by atoms with Gasteiger partial charge in [-0.15, -0.1) is 0 Å². The monoisotopic (exact) mass is 211 g/mol. The van der Waals surface area contributed by atoms with E-state index in [2.05, 4.69) is 32.3 Å². The van der Waals surface area contributed by atoms with E-state index in [1.54, 1.807) is 0 Å². The van der Waals surface area contributed by atoms with Crippen molar-refractivity contribution in [2.45, 2.75) is 51.7 Å². The largest absolute Gasteiger partial charge is 0.291 e. The van der Waals surface area contributed by atoms with Crippen LogP contribution in [0, 0.1) is 5.41 Å². The van der Waals surface area contributed by atoms with Gasteiger partial charge in [0.2, 0.25) is 0 Å². The predicted molar refractivity (Wildman–Crippen MR) is 61.6 cm³/mol. The number of alkyl halides is 1. The first kappa shape index (κ1) is 11.1. The topological polar surface area (TPSA) is 3.24 Å². The number of hydrogen-bond acceptors (Lipinski definition) is 1. The van der Waals surface area contributed by atoms with Crippen LogP contribution < -0.4 is 0 Å². The second kappa shape index (κ2) is 3.31. The number of nitrogens with zero attached hydrogens (tertiary/aromatic N) is 1. The van der Waals surface area contributed by atoms with Crippen molar-refractivity contribution < 1.29 is 4.39 Å². The van der Waals surface area contributed by atoms with Crippen LogP contribution in [0.3, 0.4) is 0 Å². The van der Waals surface area contributed by atoms with Gasteiger partial charge in [0.25, 0.3) is 0 Å². The van der Waals surface area contributed by atoms with Gasteiger partial charge in [0.05, 0.1) is 0 Å². The third-order valence-electron chi connectivity index (χ3n) is 3.75. The molecule has 2 saturated heterocycles. The molecule has 0 saturated carbocycles. The van der Waals surface area contributed by atoms with Gasteiger partial charge in [-0.1, -0.05) is 32.9 Å². The fourth-order valence-electron chi connectivity index (χ4n) is 3.34. The smallest absolute Gasteiger partial charge is 0.115 e. The lowest BCUT2D eigenvalue weighted by Crippen LogP contribution is -2.42. The Morgan fingerprint density at radius 2 is 2.20 bits per heavy atom. The summed E-state index contributed by atoms with van der Waals surface area (Å²) in [5, 5.41) is 0. The third kappa shape index (κ3) is 1.84. The van der Waals surface area contributed by atoms with Crippen molar-refractivity contribution >= 4 is 0 Å². The Labute approximate surface area is 92.3 Å². The van der Waals surface area contributed by atoms with E-state index in [1.165, 1.54) is 5.57 Å². The van der Waals surface area contributed by atoms with Crippen LogP contribution in [0.1, 0.15) is 40.0 Å². The summed E-state index contributed by atoms with van der Waals surface area (Å²) in [7, 11) is 0. The van der Waals surface area contributed by atoms with Crippen LogP contribution in [0.5, 0.6) is 0 Å². The van der Waals surface area contributed by atoms with Crippen molar-refractivity contribution in [3.8, 4) is 0 Å². The van der Waals surface area contributed by atoms with Crippen LogP contribution in [0.15, 0.2) is 12.2 Å². The molecule has 0 unspecified atom stereocenters. The minimum atomic E-state index is -0.649. The Morgan fingerprint density at radius 1 is 1.53 bits per heavy atom. The fraction of sp³-hybridized carbons (Fsp3) is 0.846. The quantitative estimate of drug-likeness (QED) is 0.602. The summed E-state index contributed by atoms with van der Waals surface area (Å²) < 4.78 is 13.6. The second-order valence-electron chi connectivity index (χ2n) is 6.37. The molecule has 2 atom stereocenters. The molecule has 15 heavy (non-hydrogen) atoms. The summed E-state index contributed by atoms with van der Waals surface area (Å²) >= 11 is 0. The molecule has 0 spiro atoms. The van der Waals surface area contributed by atoms with E-state index >= 15 is 0 Å². The second-order valence-corrected chi connectivity index (χ2v) is 6.37. The van der Waals surface area contributed by atoms with Crippen LogP contribution in [-0.2, 0) is 0 Å². The van der Waals surface area contributed by atoms with Gasteiger partial charge in [-0.05, 0) is 18.3 Å². The van der Waals surface area contributed by atoms with Gasteiger partial charge < -0.3 is 0 Å². The van der Waals surface area contributed by atoms with Gasteiger partial charge in [0.15, 0.2) is 0 Å². The maximum Gasteiger partial charge on any atom is 0.115 e. The first-order chi connectivity index (χ1) is 6.83. The van der Waals surface area contributed by atoms with E-state index in [1.807, 2.05) is 0 Å². The molecular weight excluding hydrogens is 189 g/mol. The van der Waals surface area contributed by atoms with Crippen LogP contribution in [0.4, 0.5) is 4.39 Å². The number of rotatable bonds is 1. The normalized spacial score (nSPS) is 37.3. The summed E-state index contributed by atoms with van der Waals surface area (Å²) in [5.74, 6) is 0. The Hall–Kier alpha value is -0.370. The zero-order valence-electron chi connectivity index (χ0n) is 10.1. The molecule has 0 radical (unpaired) electrons. The zero-order chi connectivity index (χ0) is 11.3. The van der Waals surface area contributed by atoms with E-state index in [4.69, 9.17) is 0 Å². The molecule has 0 aromatic carbocycles. The molecule has 0 bridgehead atoms. The van der Waals surface area contributed by atoms with Gasteiger partial charge >= 0.3 is 0 Å². The van der Waals surface area contributed by atoms with Crippen molar-refractivity contribution in [2.75, 3.05) is 13.1 Å². The molecule has 0 N–H and O–H groups in total. The highest BCUT2D eigenvalue weighted by atomic mass is 19.1. The lowest BCUT2D eigenvalue weighted by molar-refractivity contribution is 0.155. The van der Waals surface area contributed by atoms with Crippen molar-refractivity contribution in [3.05, 3.63) is 12.2 Å². The molecule has 2 aliphatic heterocycles. The zero-order valence-corrected chi connectivity index (χ0v) is 10.1. The van der Waals surface area contributed by atoms with Crippen molar-refractivity contribution in [3.63, 3.8) is 0 Å². The fourth-order valence-corrected chi connectivity index (χ4v) is 3.34. The Bertz CT molecular complexity index is 279. The van der Waals surface area contributed by atoms with E-state index in [0.29, 0.717) is 13.0 Å². The van der Waals surface area contributed by atoms with Crippen molar-refractivity contribution in [1.82, 2.24) is 4.90 Å². The molecular formula is C13H22FN. The van der Waals surface area contributed by atoms with Crippen LogP contribution in [-0.4, -0.2) is 29.7 Å². The van der Waals surface area contributed by atoms with Gasteiger partial charge in [-0.2, -0.15) is 0 Å². The standard InChI is InChI=1S/C13H22FN/c1-10-5-6-15-8-11(14)7-13(10,15)9-12(2,3)4/h11H,1,5-9H2,2-4H3/t11-,13-/m1/s1. The minimum Gasteiger partial charge on any atom is -0.291 e. The molecule has 2 fully saturated rings. The van der Waals surface area contributed by atoms with E-state index in [0.717, 1.165) is 19.4 Å². The van der Waals surface area contributed by atoms with E-state index in [-0.39, 0.29) is 11.0 Å². The van der Waals surface area contributed by atoms with E-state index in [9.17, 15) is 4.39 Å². The molecule has 0 aromatic rings. The molecule has 0 amide bonds. The van der Waals surface area contributed by atoms with Crippen LogP contribution in [0.2, 0.25) is 0 Å². The molecule has 2 aliphatic rings. The lowest BCUT2D eigenvalue weighted by Gasteiger charge is -2.38. The highest BCUT2D eigenvalue weighted by molar-refractivity contribution is 5.27. The Kier molecular flexibility index (Phi) is 2.45. The summed E-state index contributed by atoms with van der Waals surface area (Å²) in [5.41, 5.74) is 1.49. The number of hydrogen-bond donors (Lipinski definition) is 0. The van der Waals surface area contributed by atoms with Gasteiger partial charge in [0.1, 0.15) is 6.17 Å². The Morgan fingerprint density at radius 3 is 2.80 bits per heavy atom. The molecule has 0 aliphatic carbocycles. The average molecular weight is 211 g/mol. The maximum atomic E-state index is 13.6. The van der Waals surface area contributed by atoms with E-state index < -0.39 is 6.17 Å². The molecule has 2 heterocycles. The third-order valence-corrected chi connectivity index (χ3v) is 3.75. The first-order valence-corrected chi connectivity index (χ1v) is 5.91. The van der Waals surface area contributed by atoms with Crippen molar-refractivity contribution in [1.29, 1.82) is 0 Å².